The molecule has 1 heterocycles. The van der Waals surface area contributed by atoms with Crippen molar-refractivity contribution in [2.24, 2.45) is 11.8 Å². The Morgan fingerprint density at radius 3 is 2.25 bits per heavy atom. The van der Waals surface area contributed by atoms with Gasteiger partial charge in [0.25, 0.3) is 0 Å². The van der Waals surface area contributed by atoms with E-state index in [4.69, 9.17) is 0 Å². The van der Waals surface area contributed by atoms with E-state index in [1.807, 2.05) is 11.9 Å². The first-order chi connectivity index (χ1) is 11.3. The van der Waals surface area contributed by atoms with Crippen molar-refractivity contribution >= 4 is 21.7 Å². The van der Waals surface area contributed by atoms with Crippen molar-refractivity contribution in [1.82, 2.24) is 10.2 Å². The molecule has 1 atom stereocenters. The lowest BCUT2D eigenvalue weighted by molar-refractivity contribution is -0.137. The summed E-state index contributed by atoms with van der Waals surface area (Å²) >= 11 is 0. The number of hydrogen-bond acceptors (Lipinski definition) is 4. The molecule has 0 spiro atoms. The fourth-order valence-corrected chi connectivity index (χ4v) is 5.32. The van der Waals surface area contributed by atoms with Gasteiger partial charge in [0.05, 0.1) is 11.5 Å². The summed E-state index contributed by atoms with van der Waals surface area (Å²) in [6.45, 7) is 2.91. The molecule has 1 aliphatic heterocycles. The van der Waals surface area contributed by atoms with E-state index in [-0.39, 0.29) is 41.2 Å². The molecule has 1 saturated carbocycles. The molecule has 1 saturated heterocycles. The molecule has 2 fully saturated rings. The van der Waals surface area contributed by atoms with E-state index in [1.54, 1.807) is 0 Å². The van der Waals surface area contributed by atoms with Crippen LogP contribution in [0.25, 0.3) is 0 Å². The summed E-state index contributed by atoms with van der Waals surface area (Å²) < 4.78 is 22.9. The number of sulfone groups is 1. The van der Waals surface area contributed by atoms with Gasteiger partial charge in [0.2, 0.25) is 11.8 Å². The topological polar surface area (TPSA) is 83.6 Å². The van der Waals surface area contributed by atoms with Crippen LogP contribution in [-0.4, -0.2) is 56.3 Å². The Labute approximate surface area is 145 Å². The lowest BCUT2D eigenvalue weighted by atomic mass is 9.81. The lowest BCUT2D eigenvalue weighted by Gasteiger charge is -2.30. The highest BCUT2D eigenvalue weighted by Crippen LogP contribution is 2.30. The van der Waals surface area contributed by atoms with Crippen LogP contribution in [0.1, 0.15) is 51.9 Å². The van der Waals surface area contributed by atoms with Crippen LogP contribution < -0.4 is 5.32 Å². The Hall–Kier alpha value is -1.11. The van der Waals surface area contributed by atoms with Crippen molar-refractivity contribution < 1.29 is 18.0 Å². The molecule has 24 heavy (non-hydrogen) atoms. The third-order valence-electron chi connectivity index (χ3n) is 5.25. The SMILES string of the molecule is CCCCN(C)C(=O)C1CCC(C(=O)NC2CCS(=O)(=O)C2)CC1. The van der Waals surface area contributed by atoms with Gasteiger partial charge in [-0.2, -0.15) is 0 Å². The Balaban J connectivity index is 1.76. The molecule has 2 aliphatic rings. The van der Waals surface area contributed by atoms with Crippen molar-refractivity contribution in [3.8, 4) is 0 Å². The Morgan fingerprint density at radius 2 is 1.71 bits per heavy atom. The molecule has 1 unspecified atom stereocenters. The van der Waals surface area contributed by atoms with Crippen LogP contribution >= 0.6 is 0 Å². The van der Waals surface area contributed by atoms with Crippen LogP contribution in [0.5, 0.6) is 0 Å². The van der Waals surface area contributed by atoms with E-state index in [0.717, 1.165) is 32.2 Å². The molecule has 6 nitrogen and oxygen atoms in total. The van der Waals surface area contributed by atoms with Crippen LogP contribution in [-0.2, 0) is 19.4 Å². The molecule has 0 bridgehead atoms. The quantitative estimate of drug-likeness (QED) is 0.777. The van der Waals surface area contributed by atoms with Gasteiger partial charge in [0, 0.05) is 31.5 Å². The number of carbonyl (C=O) groups is 2. The molecular weight excluding hydrogens is 328 g/mol. The first kappa shape index (κ1) is 19.2. The van der Waals surface area contributed by atoms with Crippen LogP contribution in [0.2, 0.25) is 0 Å². The van der Waals surface area contributed by atoms with Crippen LogP contribution in [0.3, 0.4) is 0 Å². The predicted molar refractivity (Wildman–Crippen MR) is 93.2 cm³/mol. The molecule has 0 aromatic rings. The van der Waals surface area contributed by atoms with Gasteiger partial charge in [-0.25, -0.2) is 8.42 Å². The zero-order chi connectivity index (χ0) is 17.7. The fourth-order valence-electron chi connectivity index (χ4n) is 3.65. The summed E-state index contributed by atoms with van der Waals surface area (Å²) in [6.07, 6.45) is 5.52. The van der Waals surface area contributed by atoms with Crippen molar-refractivity contribution in [2.75, 3.05) is 25.1 Å². The minimum absolute atomic E-state index is 0.0303. The summed E-state index contributed by atoms with van der Waals surface area (Å²) in [5.41, 5.74) is 0. The molecule has 138 valence electrons. The first-order valence-corrected chi connectivity index (χ1v) is 10.9. The summed E-state index contributed by atoms with van der Waals surface area (Å²) in [7, 11) is -1.12. The highest BCUT2D eigenvalue weighted by molar-refractivity contribution is 7.91. The van der Waals surface area contributed by atoms with E-state index in [1.165, 1.54) is 0 Å². The van der Waals surface area contributed by atoms with E-state index < -0.39 is 9.84 Å². The van der Waals surface area contributed by atoms with Gasteiger partial charge >= 0.3 is 0 Å². The van der Waals surface area contributed by atoms with Gasteiger partial charge in [-0.15, -0.1) is 0 Å². The Kier molecular flexibility index (Phi) is 6.66. The normalized spacial score (nSPS) is 29.2. The number of nitrogens with one attached hydrogen (secondary N) is 1. The van der Waals surface area contributed by atoms with Crippen LogP contribution in [0.15, 0.2) is 0 Å². The molecule has 0 radical (unpaired) electrons. The molecule has 2 amide bonds. The molecule has 0 aromatic carbocycles. The summed E-state index contributed by atoms with van der Waals surface area (Å²) in [6, 6.07) is -0.234. The predicted octanol–water partition coefficient (Wildman–Crippen LogP) is 1.35. The van der Waals surface area contributed by atoms with Crippen molar-refractivity contribution in [2.45, 2.75) is 57.9 Å². The Bertz CT molecular complexity index is 553. The van der Waals surface area contributed by atoms with E-state index in [0.29, 0.717) is 19.3 Å². The van der Waals surface area contributed by atoms with E-state index in [9.17, 15) is 18.0 Å². The van der Waals surface area contributed by atoms with Gasteiger partial charge in [-0.3, -0.25) is 9.59 Å². The van der Waals surface area contributed by atoms with Crippen molar-refractivity contribution in [3.05, 3.63) is 0 Å². The smallest absolute Gasteiger partial charge is 0.225 e. The average Bonchev–Trinajstić information content (AvgIpc) is 2.90. The molecule has 7 heteroatoms. The van der Waals surface area contributed by atoms with Gasteiger partial charge in [0.1, 0.15) is 0 Å². The first-order valence-electron chi connectivity index (χ1n) is 9.08. The summed E-state index contributed by atoms with van der Waals surface area (Å²) in [4.78, 5) is 26.5. The standard InChI is InChI=1S/C17H30N2O4S/c1-3-4-10-19(2)17(21)14-7-5-13(6-8-14)16(20)18-15-9-11-24(22,23)12-15/h13-15H,3-12H2,1-2H3,(H,18,20). The average molecular weight is 359 g/mol. The van der Waals surface area contributed by atoms with Crippen molar-refractivity contribution in [1.29, 1.82) is 0 Å². The van der Waals surface area contributed by atoms with Crippen molar-refractivity contribution in [3.63, 3.8) is 0 Å². The van der Waals surface area contributed by atoms with Crippen LogP contribution in [0, 0.1) is 11.8 Å². The number of amides is 2. The number of nitrogens with zero attached hydrogens (tertiary/aromatic N) is 1. The Morgan fingerprint density at radius 1 is 1.08 bits per heavy atom. The zero-order valence-electron chi connectivity index (χ0n) is 14.8. The third-order valence-corrected chi connectivity index (χ3v) is 7.02. The highest BCUT2D eigenvalue weighted by Gasteiger charge is 2.34. The monoisotopic (exact) mass is 358 g/mol. The maximum absolute atomic E-state index is 12.4. The second-order valence-electron chi connectivity index (χ2n) is 7.27. The zero-order valence-corrected chi connectivity index (χ0v) is 15.6. The highest BCUT2D eigenvalue weighted by atomic mass is 32.2. The van der Waals surface area contributed by atoms with E-state index in [2.05, 4.69) is 12.2 Å². The number of unbranched alkanes of at least 4 members (excludes halogenated alkanes) is 1. The fraction of sp³-hybridized carbons (Fsp3) is 0.882. The third kappa shape index (κ3) is 5.19. The lowest BCUT2D eigenvalue weighted by Crippen LogP contribution is -2.42. The van der Waals surface area contributed by atoms with Crippen LogP contribution in [0.4, 0.5) is 0 Å². The second-order valence-corrected chi connectivity index (χ2v) is 9.50. The molecule has 2 rings (SSSR count). The minimum Gasteiger partial charge on any atom is -0.352 e. The van der Waals surface area contributed by atoms with E-state index >= 15 is 0 Å². The van der Waals surface area contributed by atoms with Gasteiger partial charge in [-0.1, -0.05) is 13.3 Å². The summed E-state index contributed by atoms with van der Waals surface area (Å²) in [5, 5.41) is 2.89. The van der Waals surface area contributed by atoms with Gasteiger partial charge < -0.3 is 10.2 Å². The van der Waals surface area contributed by atoms with Gasteiger partial charge in [0.15, 0.2) is 9.84 Å². The second kappa shape index (κ2) is 8.32. The molecule has 1 N–H and O–H groups in total. The number of rotatable bonds is 6. The number of hydrogen-bond donors (Lipinski definition) is 1. The maximum Gasteiger partial charge on any atom is 0.225 e. The molecule has 0 aromatic heterocycles. The largest absolute Gasteiger partial charge is 0.352 e. The summed E-state index contributed by atoms with van der Waals surface area (Å²) in [5.74, 6) is 0.338. The minimum atomic E-state index is -2.97. The molecular formula is C17H30N2O4S. The molecule has 1 aliphatic carbocycles. The maximum atomic E-state index is 12.4. The number of carbonyl (C=O) groups excluding carboxylic acids is 2. The van der Waals surface area contributed by atoms with Gasteiger partial charge in [-0.05, 0) is 38.5 Å².